The molecule has 1 aromatic carbocycles. The first-order chi connectivity index (χ1) is 7.77. The van der Waals surface area contributed by atoms with E-state index in [-0.39, 0.29) is 0 Å². The van der Waals surface area contributed by atoms with Crippen molar-refractivity contribution in [2.75, 3.05) is 12.3 Å². The summed E-state index contributed by atoms with van der Waals surface area (Å²) in [7, 11) is 0. The van der Waals surface area contributed by atoms with Crippen LogP contribution in [0.3, 0.4) is 0 Å². The molecule has 2 N–H and O–H groups in total. The summed E-state index contributed by atoms with van der Waals surface area (Å²) in [5, 5.41) is 0. The Morgan fingerprint density at radius 2 is 2.06 bits per heavy atom. The molecule has 1 aromatic rings. The molecule has 2 fully saturated rings. The van der Waals surface area contributed by atoms with Crippen LogP contribution < -0.4 is 5.73 Å². The second kappa shape index (κ2) is 2.80. The Bertz CT molecular complexity index is 444. The first-order valence-corrected chi connectivity index (χ1v) is 6.40. The number of hydrogen-bond acceptors (Lipinski definition) is 2. The third kappa shape index (κ3) is 1.23. The zero-order valence-corrected chi connectivity index (χ0v) is 9.58. The molecule has 4 rings (SSSR count). The topological polar surface area (TPSA) is 29.3 Å². The number of nitrogens with two attached hydrogens (primary N) is 1. The van der Waals surface area contributed by atoms with Crippen molar-refractivity contribution in [3.63, 3.8) is 0 Å². The van der Waals surface area contributed by atoms with Gasteiger partial charge in [-0.2, -0.15) is 0 Å². The highest BCUT2D eigenvalue weighted by Crippen LogP contribution is 2.53. The van der Waals surface area contributed by atoms with E-state index in [4.69, 9.17) is 5.73 Å². The van der Waals surface area contributed by atoms with E-state index in [0.717, 1.165) is 18.3 Å². The summed E-state index contributed by atoms with van der Waals surface area (Å²) in [5.74, 6) is 0. The van der Waals surface area contributed by atoms with Gasteiger partial charge in [-0.05, 0) is 48.9 Å². The van der Waals surface area contributed by atoms with Crippen LogP contribution in [-0.2, 0) is 12.0 Å². The molecular formula is C14H18N2. The summed E-state index contributed by atoms with van der Waals surface area (Å²) in [6.45, 7) is 2.43. The highest BCUT2D eigenvalue weighted by atomic mass is 15.2. The maximum Gasteiger partial charge on any atom is 0.0317 e. The minimum Gasteiger partial charge on any atom is -0.399 e. The second-order valence-electron chi connectivity index (χ2n) is 5.83. The highest BCUT2D eigenvalue weighted by molar-refractivity contribution is 5.50. The van der Waals surface area contributed by atoms with Crippen LogP contribution in [0, 0.1) is 0 Å². The molecule has 0 aromatic heterocycles. The van der Waals surface area contributed by atoms with Crippen LogP contribution in [0.15, 0.2) is 18.2 Å². The molecule has 2 nitrogen and oxygen atoms in total. The third-order valence-corrected chi connectivity index (χ3v) is 4.50. The van der Waals surface area contributed by atoms with Gasteiger partial charge in [-0.15, -0.1) is 0 Å². The predicted octanol–water partition coefficient (Wildman–Crippen LogP) is 2.28. The van der Waals surface area contributed by atoms with Crippen LogP contribution in [0.2, 0.25) is 0 Å². The van der Waals surface area contributed by atoms with Gasteiger partial charge in [0.15, 0.2) is 0 Å². The van der Waals surface area contributed by atoms with Crippen molar-refractivity contribution in [1.29, 1.82) is 0 Å². The molecule has 2 saturated carbocycles. The first kappa shape index (κ1) is 9.06. The summed E-state index contributed by atoms with van der Waals surface area (Å²) < 4.78 is 0. The first-order valence-electron chi connectivity index (χ1n) is 6.40. The van der Waals surface area contributed by atoms with Crippen molar-refractivity contribution in [1.82, 2.24) is 4.90 Å². The largest absolute Gasteiger partial charge is 0.399 e. The van der Waals surface area contributed by atoms with Gasteiger partial charge in [0, 0.05) is 30.2 Å². The maximum atomic E-state index is 5.91. The van der Waals surface area contributed by atoms with Crippen molar-refractivity contribution in [3.8, 4) is 0 Å². The second-order valence-corrected chi connectivity index (χ2v) is 5.83. The molecule has 1 spiro atoms. The molecule has 0 bridgehead atoms. The Hall–Kier alpha value is -1.02. The van der Waals surface area contributed by atoms with E-state index in [2.05, 4.69) is 23.1 Å². The monoisotopic (exact) mass is 214 g/mol. The molecule has 0 unspecified atom stereocenters. The van der Waals surface area contributed by atoms with Gasteiger partial charge in [0.1, 0.15) is 0 Å². The molecule has 1 heterocycles. The van der Waals surface area contributed by atoms with E-state index >= 15 is 0 Å². The quantitative estimate of drug-likeness (QED) is 0.727. The zero-order valence-electron chi connectivity index (χ0n) is 9.58. The van der Waals surface area contributed by atoms with Crippen molar-refractivity contribution in [2.24, 2.45) is 0 Å². The summed E-state index contributed by atoms with van der Waals surface area (Å²) in [5.41, 5.74) is 10.4. The lowest BCUT2D eigenvalue weighted by Crippen LogP contribution is -2.39. The summed E-state index contributed by atoms with van der Waals surface area (Å²) in [6.07, 6.45) is 5.59. The van der Waals surface area contributed by atoms with Gasteiger partial charge in [0.2, 0.25) is 0 Å². The molecule has 0 atom stereocenters. The molecular weight excluding hydrogens is 196 g/mol. The molecule has 84 valence electrons. The van der Waals surface area contributed by atoms with E-state index in [9.17, 15) is 0 Å². The Morgan fingerprint density at radius 1 is 1.25 bits per heavy atom. The van der Waals surface area contributed by atoms with Gasteiger partial charge in [0.05, 0.1) is 0 Å². The maximum absolute atomic E-state index is 5.91. The molecule has 0 amide bonds. The van der Waals surface area contributed by atoms with E-state index in [1.165, 1.54) is 37.8 Å². The van der Waals surface area contributed by atoms with Crippen LogP contribution in [0.5, 0.6) is 0 Å². The number of nitrogen functional groups attached to an aromatic ring is 1. The van der Waals surface area contributed by atoms with Crippen molar-refractivity contribution in [3.05, 3.63) is 29.3 Å². The molecule has 0 saturated heterocycles. The van der Waals surface area contributed by atoms with E-state index < -0.39 is 0 Å². The zero-order chi connectivity index (χ0) is 10.8. The summed E-state index contributed by atoms with van der Waals surface area (Å²) in [6, 6.07) is 7.43. The third-order valence-electron chi connectivity index (χ3n) is 4.50. The van der Waals surface area contributed by atoms with Crippen LogP contribution in [0.4, 0.5) is 5.69 Å². The van der Waals surface area contributed by atoms with Crippen LogP contribution in [0.1, 0.15) is 36.8 Å². The van der Waals surface area contributed by atoms with Gasteiger partial charge in [0.25, 0.3) is 0 Å². The van der Waals surface area contributed by atoms with Crippen molar-refractivity contribution in [2.45, 2.75) is 43.7 Å². The lowest BCUT2D eigenvalue weighted by atomic mass is 9.86. The minimum atomic E-state index is 0.518. The van der Waals surface area contributed by atoms with Crippen molar-refractivity contribution < 1.29 is 0 Å². The summed E-state index contributed by atoms with van der Waals surface area (Å²) >= 11 is 0. The van der Waals surface area contributed by atoms with Gasteiger partial charge in [-0.1, -0.05) is 6.07 Å². The Labute approximate surface area is 96.4 Å². The molecule has 2 aliphatic carbocycles. The number of fused-ring (bicyclic) bond motifs is 2. The van der Waals surface area contributed by atoms with Gasteiger partial charge >= 0.3 is 0 Å². The summed E-state index contributed by atoms with van der Waals surface area (Å²) in [4.78, 5) is 2.69. The van der Waals surface area contributed by atoms with E-state index in [0.29, 0.717) is 5.41 Å². The fourth-order valence-corrected chi connectivity index (χ4v) is 3.29. The fourth-order valence-electron chi connectivity index (χ4n) is 3.29. The van der Waals surface area contributed by atoms with Gasteiger partial charge < -0.3 is 5.73 Å². The smallest absolute Gasteiger partial charge is 0.0317 e. The molecule has 1 aliphatic heterocycles. The Morgan fingerprint density at radius 3 is 2.75 bits per heavy atom. The number of benzene rings is 1. The predicted molar refractivity (Wildman–Crippen MR) is 65.2 cm³/mol. The van der Waals surface area contributed by atoms with E-state index in [1.54, 1.807) is 5.56 Å². The fraction of sp³-hybridized carbons (Fsp3) is 0.571. The number of anilines is 1. The number of rotatable bonds is 1. The van der Waals surface area contributed by atoms with Gasteiger partial charge in [-0.3, -0.25) is 4.90 Å². The average Bonchev–Trinajstić information content (AvgIpc) is 3.11. The Kier molecular flexibility index (Phi) is 1.59. The molecule has 2 heteroatoms. The van der Waals surface area contributed by atoms with Crippen LogP contribution in [0.25, 0.3) is 0 Å². The normalized spacial score (nSPS) is 26.8. The number of hydrogen-bond donors (Lipinski definition) is 1. The lowest BCUT2D eigenvalue weighted by Gasteiger charge is -2.35. The van der Waals surface area contributed by atoms with Crippen LogP contribution >= 0.6 is 0 Å². The minimum absolute atomic E-state index is 0.518. The van der Waals surface area contributed by atoms with E-state index in [1.807, 2.05) is 0 Å². The van der Waals surface area contributed by atoms with Crippen LogP contribution in [-0.4, -0.2) is 17.5 Å². The molecule has 3 aliphatic rings. The number of nitrogens with zero attached hydrogens (tertiary/aromatic N) is 1. The molecule has 16 heavy (non-hydrogen) atoms. The Balaban J connectivity index is 1.78. The average molecular weight is 214 g/mol. The SMILES string of the molecule is Nc1ccc2c(c1)CN(C1CC1)CC21CC1. The van der Waals surface area contributed by atoms with Crippen molar-refractivity contribution >= 4 is 5.69 Å². The van der Waals surface area contributed by atoms with Gasteiger partial charge in [-0.25, -0.2) is 0 Å². The highest BCUT2D eigenvalue weighted by Gasteiger charge is 2.50. The lowest BCUT2D eigenvalue weighted by molar-refractivity contribution is 0.212. The molecule has 0 radical (unpaired) electrons. The standard InChI is InChI=1S/C14H18N2/c15-11-1-4-13-10(7-11)8-16(12-2-3-12)9-14(13)5-6-14/h1,4,7,12H,2-3,5-6,8-9,15H2.